The smallest absolute Gasteiger partial charge is 0.293 e. The molecule has 0 amide bonds. The van der Waals surface area contributed by atoms with Gasteiger partial charge in [0.15, 0.2) is 5.82 Å². The topological polar surface area (TPSA) is 90.1 Å². The SMILES string of the molecule is CSCC(C)Nc1ccc(C(=O)c2nccn2C)cc1[N+](=O)[O-]. The number of carbonyl (C=O) groups excluding carboxylic acids is 1. The highest BCUT2D eigenvalue weighted by Gasteiger charge is 2.21. The van der Waals surface area contributed by atoms with Crippen molar-refractivity contribution in [3.63, 3.8) is 0 Å². The van der Waals surface area contributed by atoms with Gasteiger partial charge in [-0.3, -0.25) is 14.9 Å². The maximum absolute atomic E-state index is 12.4. The van der Waals surface area contributed by atoms with Crippen LogP contribution in [0.5, 0.6) is 0 Å². The van der Waals surface area contributed by atoms with Crippen LogP contribution in [-0.4, -0.2) is 38.3 Å². The Kier molecular flexibility index (Phi) is 5.38. The first kappa shape index (κ1) is 17.0. The quantitative estimate of drug-likeness (QED) is 0.476. The molecular weight excluding hydrogens is 316 g/mol. The van der Waals surface area contributed by atoms with Crippen LogP contribution in [0.25, 0.3) is 0 Å². The molecule has 1 aromatic carbocycles. The van der Waals surface area contributed by atoms with Crippen molar-refractivity contribution in [2.24, 2.45) is 7.05 Å². The van der Waals surface area contributed by atoms with Crippen molar-refractivity contribution < 1.29 is 9.72 Å². The lowest BCUT2D eigenvalue weighted by atomic mass is 10.1. The molecular formula is C15H18N4O3S. The Labute approximate surface area is 138 Å². The lowest BCUT2D eigenvalue weighted by Gasteiger charge is -2.14. The molecule has 0 spiro atoms. The Morgan fingerprint density at radius 2 is 2.26 bits per heavy atom. The third-order valence-electron chi connectivity index (χ3n) is 3.30. The van der Waals surface area contributed by atoms with E-state index in [0.29, 0.717) is 5.69 Å². The number of nitrogens with zero attached hydrogens (tertiary/aromatic N) is 3. The highest BCUT2D eigenvalue weighted by atomic mass is 32.2. The molecule has 0 radical (unpaired) electrons. The molecule has 1 atom stereocenters. The van der Waals surface area contributed by atoms with Gasteiger partial charge >= 0.3 is 0 Å². The van der Waals surface area contributed by atoms with Crippen LogP contribution < -0.4 is 5.32 Å². The number of benzene rings is 1. The van der Waals surface area contributed by atoms with Crippen molar-refractivity contribution in [2.45, 2.75) is 13.0 Å². The molecule has 7 nitrogen and oxygen atoms in total. The summed E-state index contributed by atoms with van der Waals surface area (Å²) in [6.45, 7) is 1.95. The van der Waals surface area contributed by atoms with Crippen LogP contribution >= 0.6 is 11.8 Å². The highest BCUT2D eigenvalue weighted by Crippen LogP contribution is 2.27. The van der Waals surface area contributed by atoms with E-state index in [9.17, 15) is 14.9 Å². The van der Waals surface area contributed by atoms with Gasteiger partial charge in [0, 0.05) is 42.9 Å². The van der Waals surface area contributed by atoms with Crippen LogP contribution in [0, 0.1) is 10.1 Å². The number of carbonyl (C=O) groups is 1. The van der Waals surface area contributed by atoms with E-state index in [1.807, 2.05) is 13.2 Å². The summed E-state index contributed by atoms with van der Waals surface area (Å²) in [4.78, 5) is 27.2. The number of nitro groups is 1. The lowest BCUT2D eigenvalue weighted by molar-refractivity contribution is -0.384. The molecule has 0 bridgehead atoms. The molecule has 122 valence electrons. The van der Waals surface area contributed by atoms with E-state index in [1.54, 1.807) is 41.7 Å². The van der Waals surface area contributed by atoms with Crippen LogP contribution in [0.2, 0.25) is 0 Å². The van der Waals surface area contributed by atoms with Gasteiger partial charge in [0.1, 0.15) is 5.69 Å². The zero-order chi connectivity index (χ0) is 17.0. The number of anilines is 1. The summed E-state index contributed by atoms with van der Waals surface area (Å²) in [6.07, 6.45) is 5.14. The fraction of sp³-hybridized carbons (Fsp3) is 0.333. The summed E-state index contributed by atoms with van der Waals surface area (Å²) in [5.74, 6) is 0.727. The molecule has 1 unspecified atom stereocenters. The predicted octanol–water partition coefficient (Wildman–Crippen LogP) is 2.72. The molecule has 1 N–H and O–H groups in total. The van der Waals surface area contributed by atoms with Crippen LogP contribution in [-0.2, 0) is 7.05 Å². The van der Waals surface area contributed by atoms with E-state index in [1.165, 1.54) is 12.3 Å². The zero-order valence-corrected chi connectivity index (χ0v) is 14.0. The number of rotatable bonds is 7. The Morgan fingerprint density at radius 3 is 2.83 bits per heavy atom. The van der Waals surface area contributed by atoms with Crippen LogP contribution in [0.4, 0.5) is 11.4 Å². The molecule has 23 heavy (non-hydrogen) atoms. The van der Waals surface area contributed by atoms with E-state index in [4.69, 9.17) is 0 Å². The second kappa shape index (κ2) is 7.28. The van der Waals surface area contributed by atoms with E-state index in [0.717, 1.165) is 5.75 Å². The maximum Gasteiger partial charge on any atom is 0.293 e. The minimum atomic E-state index is -0.483. The summed E-state index contributed by atoms with van der Waals surface area (Å²) in [6, 6.07) is 4.54. The molecule has 0 aliphatic carbocycles. The van der Waals surface area contributed by atoms with Gasteiger partial charge in [0.25, 0.3) is 5.69 Å². The van der Waals surface area contributed by atoms with Crippen molar-refractivity contribution in [1.82, 2.24) is 9.55 Å². The summed E-state index contributed by atoms with van der Waals surface area (Å²) < 4.78 is 1.58. The van der Waals surface area contributed by atoms with E-state index in [-0.39, 0.29) is 28.9 Å². The van der Waals surface area contributed by atoms with E-state index < -0.39 is 4.92 Å². The van der Waals surface area contributed by atoms with Gasteiger partial charge in [-0.05, 0) is 25.3 Å². The second-order valence-corrected chi connectivity index (χ2v) is 6.09. The molecule has 0 aliphatic rings. The third kappa shape index (κ3) is 3.89. The normalized spacial score (nSPS) is 12.0. The Morgan fingerprint density at radius 1 is 1.52 bits per heavy atom. The average molecular weight is 334 g/mol. The first-order valence-corrected chi connectivity index (χ1v) is 8.39. The number of nitro benzene ring substituents is 1. The Bertz CT molecular complexity index is 729. The minimum Gasteiger partial charge on any atom is -0.376 e. The van der Waals surface area contributed by atoms with Gasteiger partial charge in [0.05, 0.1) is 4.92 Å². The molecule has 0 fully saturated rings. The number of imidazole rings is 1. The van der Waals surface area contributed by atoms with Crippen molar-refractivity contribution in [2.75, 3.05) is 17.3 Å². The number of ketones is 1. The number of hydrogen-bond acceptors (Lipinski definition) is 6. The zero-order valence-electron chi connectivity index (χ0n) is 13.1. The average Bonchev–Trinajstić information content (AvgIpc) is 2.93. The lowest BCUT2D eigenvalue weighted by Crippen LogP contribution is -2.19. The molecule has 8 heteroatoms. The Hall–Kier alpha value is -2.35. The van der Waals surface area contributed by atoms with E-state index in [2.05, 4.69) is 10.3 Å². The van der Waals surface area contributed by atoms with Gasteiger partial charge in [-0.1, -0.05) is 0 Å². The monoisotopic (exact) mass is 334 g/mol. The third-order valence-corrected chi connectivity index (χ3v) is 4.13. The predicted molar refractivity (Wildman–Crippen MR) is 91.2 cm³/mol. The largest absolute Gasteiger partial charge is 0.376 e. The van der Waals surface area contributed by atoms with Crippen molar-refractivity contribution in [3.8, 4) is 0 Å². The molecule has 0 saturated carbocycles. The fourth-order valence-electron chi connectivity index (χ4n) is 2.22. The van der Waals surface area contributed by atoms with Gasteiger partial charge in [0.2, 0.25) is 5.78 Å². The van der Waals surface area contributed by atoms with Gasteiger partial charge < -0.3 is 9.88 Å². The van der Waals surface area contributed by atoms with Gasteiger partial charge in [-0.15, -0.1) is 0 Å². The minimum absolute atomic E-state index is 0.0831. The van der Waals surface area contributed by atoms with Crippen molar-refractivity contribution in [1.29, 1.82) is 0 Å². The Balaban J connectivity index is 2.34. The van der Waals surface area contributed by atoms with Crippen LogP contribution in [0.15, 0.2) is 30.6 Å². The van der Waals surface area contributed by atoms with Crippen molar-refractivity contribution >= 4 is 28.9 Å². The molecule has 1 heterocycles. The molecule has 0 saturated heterocycles. The second-order valence-electron chi connectivity index (χ2n) is 5.18. The highest BCUT2D eigenvalue weighted by molar-refractivity contribution is 7.98. The standard InChI is InChI=1S/C15H18N4O3S/c1-10(9-23-3)17-12-5-4-11(8-13(12)19(21)22)14(20)15-16-6-7-18(15)2/h4-8,10,17H,9H2,1-3H3. The number of thioether (sulfide) groups is 1. The van der Waals surface area contributed by atoms with Gasteiger partial charge in [-0.2, -0.15) is 11.8 Å². The summed E-state index contributed by atoms with van der Waals surface area (Å²) >= 11 is 1.65. The first-order valence-electron chi connectivity index (χ1n) is 7.00. The maximum atomic E-state index is 12.4. The molecule has 2 aromatic rings. The molecule has 0 aliphatic heterocycles. The van der Waals surface area contributed by atoms with Crippen molar-refractivity contribution in [3.05, 3.63) is 52.1 Å². The number of nitrogens with one attached hydrogen (secondary N) is 1. The van der Waals surface area contributed by atoms with Crippen LogP contribution in [0.3, 0.4) is 0 Å². The van der Waals surface area contributed by atoms with E-state index >= 15 is 0 Å². The molecule has 2 rings (SSSR count). The number of aromatic nitrogens is 2. The van der Waals surface area contributed by atoms with Crippen LogP contribution in [0.1, 0.15) is 23.1 Å². The summed E-state index contributed by atoms with van der Waals surface area (Å²) in [7, 11) is 1.70. The molecule has 1 aromatic heterocycles. The number of hydrogen-bond donors (Lipinski definition) is 1. The number of aryl methyl sites for hydroxylation is 1. The fourth-order valence-corrected chi connectivity index (χ4v) is 2.80. The van der Waals surface area contributed by atoms with Gasteiger partial charge in [-0.25, -0.2) is 4.98 Å². The first-order chi connectivity index (χ1) is 10.9. The summed E-state index contributed by atoms with van der Waals surface area (Å²) in [5, 5.41) is 14.4. The summed E-state index contributed by atoms with van der Waals surface area (Å²) in [5.41, 5.74) is 0.542.